The SMILES string of the molecule is N[C@@H](CCC(=O)O)C(=O)N1CC(=O)N(C(=O)[C@@H](N)CCC(=O)O)CC1=O. The molecule has 0 saturated carbocycles. The van der Waals surface area contributed by atoms with E-state index in [1.54, 1.807) is 0 Å². The van der Waals surface area contributed by atoms with Crippen molar-refractivity contribution in [3.8, 4) is 0 Å². The second-order valence-corrected chi connectivity index (χ2v) is 5.71. The molecule has 1 aliphatic heterocycles. The summed E-state index contributed by atoms with van der Waals surface area (Å²) in [5, 5.41) is 17.2. The molecule has 12 heteroatoms. The molecule has 4 amide bonds. The number of nitrogens with zero attached hydrogens (tertiary/aromatic N) is 2. The van der Waals surface area contributed by atoms with Crippen molar-refractivity contribution >= 4 is 35.6 Å². The van der Waals surface area contributed by atoms with Gasteiger partial charge in [0.2, 0.25) is 23.6 Å². The molecule has 1 saturated heterocycles. The Hall–Kier alpha value is -2.86. The molecule has 12 nitrogen and oxygen atoms in total. The van der Waals surface area contributed by atoms with Crippen molar-refractivity contribution in [2.75, 3.05) is 13.1 Å². The number of carboxylic acids is 2. The smallest absolute Gasteiger partial charge is 0.303 e. The lowest BCUT2D eigenvalue weighted by Gasteiger charge is -2.33. The number of rotatable bonds is 8. The normalized spacial score (nSPS) is 17.0. The third-order valence-electron chi connectivity index (χ3n) is 3.69. The zero-order valence-electron chi connectivity index (χ0n) is 13.8. The van der Waals surface area contributed by atoms with Crippen LogP contribution in [-0.2, 0) is 28.8 Å². The first-order chi connectivity index (χ1) is 12.0. The first kappa shape index (κ1) is 21.2. The highest BCUT2D eigenvalue weighted by molar-refractivity contribution is 6.10. The molecule has 0 unspecified atom stereocenters. The minimum atomic E-state index is -1.28. The number of aliphatic carboxylic acids is 2. The van der Waals surface area contributed by atoms with E-state index in [-0.39, 0.29) is 25.7 Å². The molecule has 1 rings (SSSR count). The summed E-state index contributed by atoms with van der Waals surface area (Å²) in [5.41, 5.74) is 11.1. The fourth-order valence-electron chi connectivity index (χ4n) is 2.22. The summed E-state index contributed by atoms with van der Waals surface area (Å²) in [6.07, 6.45) is -1.19. The molecule has 0 radical (unpaired) electrons. The van der Waals surface area contributed by atoms with Crippen LogP contribution in [0.2, 0.25) is 0 Å². The van der Waals surface area contributed by atoms with E-state index < -0.39 is 60.7 Å². The minimum absolute atomic E-state index is 0.213. The Labute approximate surface area is 147 Å². The number of carboxylic acid groups (broad SMARTS) is 2. The number of piperazine rings is 1. The van der Waals surface area contributed by atoms with Gasteiger partial charge in [-0.05, 0) is 12.8 Å². The number of carbonyl (C=O) groups excluding carboxylic acids is 4. The highest BCUT2D eigenvalue weighted by atomic mass is 16.4. The van der Waals surface area contributed by atoms with Crippen molar-refractivity contribution in [3.05, 3.63) is 0 Å². The highest BCUT2D eigenvalue weighted by Gasteiger charge is 2.39. The molecule has 26 heavy (non-hydrogen) atoms. The van der Waals surface area contributed by atoms with Crippen LogP contribution in [-0.4, -0.2) is 80.8 Å². The van der Waals surface area contributed by atoms with Gasteiger partial charge in [0.15, 0.2) is 0 Å². The monoisotopic (exact) mass is 372 g/mol. The number of nitrogens with two attached hydrogens (primary N) is 2. The van der Waals surface area contributed by atoms with E-state index in [0.717, 1.165) is 0 Å². The zero-order valence-corrected chi connectivity index (χ0v) is 13.8. The lowest BCUT2D eigenvalue weighted by molar-refractivity contribution is -0.163. The molecule has 0 aromatic rings. The molecule has 0 aromatic carbocycles. The van der Waals surface area contributed by atoms with Gasteiger partial charge in [-0.2, -0.15) is 0 Å². The molecule has 1 fully saturated rings. The molecule has 1 heterocycles. The second-order valence-electron chi connectivity index (χ2n) is 5.71. The van der Waals surface area contributed by atoms with E-state index in [1.807, 2.05) is 0 Å². The Morgan fingerprint density at radius 3 is 1.38 bits per heavy atom. The van der Waals surface area contributed by atoms with Crippen LogP contribution in [0.25, 0.3) is 0 Å². The van der Waals surface area contributed by atoms with Crippen molar-refractivity contribution in [2.24, 2.45) is 11.5 Å². The summed E-state index contributed by atoms with van der Waals surface area (Å²) in [4.78, 5) is 70.5. The predicted molar refractivity (Wildman–Crippen MR) is 83.1 cm³/mol. The van der Waals surface area contributed by atoms with Crippen molar-refractivity contribution in [3.63, 3.8) is 0 Å². The molecule has 0 aliphatic carbocycles. The van der Waals surface area contributed by atoms with Crippen molar-refractivity contribution in [1.29, 1.82) is 0 Å². The Morgan fingerprint density at radius 1 is 0.808 bits per heavy atom. The Morgan fingerprint density at radius 2 is 1.12 bits per heavy atom. The van der Waals surface area contributed by atoms with Crippen molar-refractivity contribution < 1.29 is 39.0 Å². The molecular weight excluding hydrogens is 352 g/mol. The van der Waals surface area contributed by atoms with Crippen LogP contribution >= 0.6 is 0 Å². The average Bonchev–Trinajstić information content (AvgIpc) is 2.57. The number of hydrogen-bond donors (Lipinski definition) is 4. The molecule has 0 bridgehead atoms. The van der Waals surface area contributed by atoms with Crippen LogP contribution in [0.1, 0.15) is 25.7 Å². The largest absolute Gasteiger partial charge is 0.481 e. The van der Waals surface area contributed by atoms with Gasteiger partial charge in [-0.1, -0.05) is 0 Å². The van der Waals surface area contributed by atoms with E-state index in [0.29, 0.717) is 9.80 Å². The molecule has 1 aliphatic rings. The number of hydrogen-bond acceptors (Lipinski definition) is 8. The lowest BCUT2D eigenvalue weighted by atomic mass is 10.1. The topological polar surface area (TPSA) is 201 Å². The first-order valence-electron chi connectivity index (χ1n) is 7.67. The summed E-state index contributed by atoms with van der Waals surface area (Å²) in [6, 6.07) is -2.55. The Kier molecular flexibility index (Phi) is 7.34. The van der Waals surface area contributed by atoms with Crippen LogP contribution in [0.4, 0.5) is 0 Å². The molecule has 2 atom stereocenters. The van der Waals surface area contributed by atoms with Gasteiger partial charge in [0.1, 0.15) is 13.1 Å². The molecule has 6 N–H and O–H groups in total. The summed E-state index contributed by atoms with van der Waals surface area (Å²) >= 11 is 0. The van der Waals surface area contributed by atoms with E-state index in [4.69, 9.17) is 21.7 Å². The van der Waals surface area contributed by atoms with Gasteiger partial charge in [-0.25, -0.2) is 0 Å². The van der Waals surface area contributed by atoms with Crippen LogP contribution in [0, 0.1) is 0 Å². The van der Waals surface area contributed by atoms with Crippen molar-refractivity contribution in [2.45, 2.75) is 37.8 Å². The fraction of sp³-hybridized carbons (Fsp3) is 0.571. The van der Waals surface area contributed by atoms with Crippen LogP contribution in [0.5, 0.6) is 0 Å². The van der Waals surface area contributed by atoms with Crippen molar-refractivity contribution in [1.82, 2.24) is 9.80 Å². The van der Waals surface area contributed by atoms with E-state index in [1.165, 1.54) is 0 Å². The maximum Gasteiger partial charge on any atom is 0.303 e. The Bertz CT molecular complexity index is 580. The number of carbonyl (C=O) groups is 6. The third-order valence-corrected chi connectivity index (χ3v) is 3.69. The highest BCUT2D eigenvalue weighted by Crippen LogP contribution is 2.11. The van der Waals surface area contributed by atoms with E-state index in [9.17, 15) is 28.8 Å². The fourth-order valence-corrected chi connectivity index (χ4v) is 2.22. The summed E-state index contributed by atoms with van der Waals surface area (Å²) in [7, 11) is 0. The van der Waals surface area contributed by atoms with Crippen LogP contribution < -0.4 is 11.5 Å². The van der Waals surface area contributed by atoms with Gasteiger partial charge < -0.3 is 21.7 Å². The minimum Gasteiger partial charge on any atom is -0.481 e. The number of imide groups is 2. The van der Waals surface area contributed by atoms with Gasteiger partial charge in [0.25, 0.3) is 0 Å². The lowest BCUT2D eigenvalue weighted by Crippen LogP contribution is -2.61. The number of amides is 4. The van der Waals surface area contributed by atoms with Crippen LogP contribution in [0.3, 0.4) is 0 Å². The maximum atomic E-state index is 12.1. The maximum absolute atomic E-state index is 12.1. The first-order valence-corrected chi connectivity index (χ1v) is 7.67. The molecule has 0 aromatic heterocycles. The Balaban J connectivity index is 2.71. The molecular formula is C14H20N4O8. The molecule has 0 spiro atoms. The van der Waals surface area contributed by atoms with Gasteiger partial charge >= 0.3 is 11.9 Å². The quantitative estimate of drug-likeness (QED) is 0.342. The predicted octanol–water partition coefficient (Wildman–Crippen LogP) is -2.91. The standard InChI is InChI=1S/C14H20N4O8/c15-7(1-3-11(21)22)13(25)17-5-10(20)18(6-9(17)19)14(26)8(16)2-4-12(23)24/h7-8H,1-6,15-16H2,(H,21,22)(H,23,24)/t7-,8-/m0/s1. The molecule has 144 valence electrons. The summed E-state index contributed by atoms with van der Waals surface area (Å²) in [6.45, 7) is -1.45. The average molecular weight is 372 g/mol. The van der Waals surface area contributed by atoms with Gasteiger partial charge in [0, 0.05) is 12.8 Å². The van der Waals surface area contributed by atoms with Gasteiger partial charge in [-0.15, -0.1) is 0 Å². The van der Waals surface area contributed by atoms with Gasteiger partial charge in [0.05, 0.1) is 12.1 Å². The van der Waals surface area contributed by atoms with E-state index in [2.05, 4.69) is 0 Å². The summed E-state index contributed by atoms with van der Waals surface area (Å²) in [5.74, 6) is -5.88. The van der Waals surface area contributed by atoms with E-state index >= 15 is 0 Å². The third kappa shape index (κ3) is 5.60. The van der Waals surface area contributed by atoms with Crippen LogP contribution in [0.15, 0.2) is 0 Å². The second kappa shape index (κ2) is 9.01. The zero-order chi connectivity index (χ0) is 20.0. The van der Waals surface area contributed by atoms with Gasteiger partial charge in [-0.3, -0.25) is 38.6 Å². The summed E-state index contributed by atoms with van der Waals surface area (Å²) < 4.78 is 0.